The molecule has 0 amide bonds. The molecule has 0 fully saturated rings. The monoisotopic (exact) mass is 278 g/mol. The lowest BCUT2D eigenvalue weighted by atomic mass is 10.2. The zero-order valence-electron chi connectivity index (χ0n) is 11.5. The fourth-order valence-corrected chi connectivity index (χ4v) is 2.44. The third-order valence-electron chi connectivity index (χ3n) is 3.45. The third-order valence-corrected chi connectivity index (χ3v) is 3.45. The topological polar surface area (TPSA) is 70.9 Å². The maximum absolute atomic E-state index is 4.41. The second kappa shape index (κ2) is 4.59. The van der Waals surface area contributed by atoms with Crippen LogP contribution in [0.1, 0.15) is 11.3 Å². The Kier molecular flexibility index (Phi) is 2.60. The van der Waals surface area contributed by atoms with Crippen LogP contribution in [0.2, 0.25) is 0 Å². The number of benzene rings is 1. The van der Waals surface area contributed by atoms with E-state index in [1.807, 2.05) is 54.3 Å². The van der Waals surface area contributed by atoms with E-state index in [9.17, 15) is 0 Å². The summed E-state index contributed by atoms with van der Waals surface area (Å²) in [6.07, 6.45) is 5.69. The Morgan fingerprint density at radius 1 is 1.29 bits per heavy atom. The zero-order valence-corrected chi connectivity index (χ0v) is 11.5. The number of hydrogen-bond acceptors (Lipinski definition) is 4. The molecule has 0 spiro atoms. The van der Waals surface area contributed by atoms with E-state index in [1.54, 1.807) is 0 Å². The summed E-state index contributed by atoms with van der Waals surface area (Å²) in [6.45, 7) is 2.64. The highest BCUT2D eigenvalue weighted by atomic mass is 15.2. The molecule has 4 rings (SSSR count). The van der Waals surface area contributed by atoms with Crippen molar-refractivity contribution in [2.75, 3.05) is 5.32 Å². The molecule has 0 aliphatic heterocycles. The predicted octanol–water partition coefficient (Wildman–Crippen LogP) is 2.53. The van der Waals surface area contributed by atoms with Gasteiger partial charge >= 0.3 is 0 Å². The van der Waals surface area contributed by atoms with Gasteiger partial charge in [0, 0.05) is 36.0 Å². The van der Waals surface area contributed by atoms with Crippen molar-refractivity contribution in [2.24, 2.45) is 0 Å². The molecular formula is C15H14N6. The Morgan fingerprint density at radius 3 is 3.19 bits per heavy atom. The second-order valence-corrected chi connectivity index (χ2v) is 5.04. The Labute approximate surface area is 120 Å². The number of fused-ring (bicyclic) bond motifs is 2. The number of aromatic nitrogens is 5. The fraction of sp³-hybridized carbons (Fsp3) is 0.133. The summed E-state index contributed by atoms with van der Waals surface area (Å²) in [6, 6.07) is 8.04. The molecule has 104 valence electrons. The van der Waals surface area contributed by atoms with Gasteiger partial charge in [0.25, 0.3) is 0 Å². The van der Waals surface area contributed by atoms with E-state index in [0.29, 0.717) is 6.54 Å². The van der Waals surface area contributed by atoms with Crippen LogP contribution in [-0.2, 0) is 6.54 Å². The van der Waals surface area contributed by atoms with Crippen LogP contribution in [0.15, 0.2) is 42.9 Å². The molecule has 0 radical (unpaired) electrons. The van der Waals surface area contributed by atoms with Crippen LogP contribution in [0, 0.1) is 6.92 Å². The third kappa shape index (κ3) is 2.10. The number of rotatable bonds is 3. The standard InChI is InChI=1S/C15H14N6/c1-10-5-14-17-7-11(9-21(14)20-10)6-16-13-4-2-3-12-8-18-19-15(12)13/h2-5,7-9,16H,6H2,1H3,(H,18,19). The van der Waals surface area contributed by atoms with Crippen molar-refractivity contribution in [3.63, 3.8) is 0 Å². The lowest BCUT2D eigenvalue weighted by molar-refractivity contribution is 0.895. The normalized spacial score (nSPS) is 11.3. The first-order valence-corrected chi connectivity index (χ1v) is 6.76. The van der Waals surface area contributed by atoms with Crippen LogP contribution in [0.4, 0.5) is 5.69 Å². The van der Waals surface area contributed by atoms with Crippen molar-refractivity contribution in [3.05, 3.63) is 54.1 Å². The lowest BCUT2D eigenvalue weighted by Gasteiger charge is -2.07. The number of H-pyrrole nitrogens is 1. The number of anilines is 1. The minimum Gasteiger partial charge on any atom is -0.379 e. The van der Waals surface area contributed by atoms with Crippen molar-refractivity contribution in [2.45, 2.75) is 13.5 Å². The van der Waals surface area contributed by atoms with Crippen LogP contribution < -0.4 is 5.32 Å². The number of para-hydroxylation sites is 1. The molecule has 2 N–H and O–H groups in total. The highest BCUT2D eigenvalue weighted by Gasteiger charge is 2.04. The number of nitrogens with one attached hydrogen (secondary N) is 2. The molecule has 0 atom stereocenters. The van der Waals surface area contributed by atoms with Crippen LogP contribution in [0.5, 0.6) is 0 Å². The summed E-state index contributed by atoms with van der Waals surface area (Å²) >= 11 is 0. The molecule has 21 heavy (non-hydrogen) atoms. The van der Waals surface area contributed by atoms with Gasteiger partial charge in [0.1, 0.15) is 0 Å². The van der Waals surface area contributed by atoms with E-state index in [2.05, 4.69) is 25.6 Å². The van der Waals surface area contributed by atoms with E-state index >= 15 is 0 Å². The van der Waals surface area contributed by atoms with Gasteiger partial charge in [0.15, 0.2) is 5.65 Å². The average molecular weight is 278 g/mol. The van der Waals surface area contributed by atoms with Crippen molar-refractivity contribution < 1.29 is 0 Å². The lowest BCUT2D eigenvalue weighted by Crippen LogP contribution is -2.02. The molecule has 3 aromatic heterocycles. The van der Waals surface area contributed by atoms with Gasteiger partial charge in [0.05, 0.1) is 23.1 Å². The van der Waals surface area contributed by atoms with E-state index in [0.717, 1.165) is 33.5 Å². The van der Waals surface area contributed by atoms with Gasteiger partial charge in [0.2, 0.25) is 0 Å². The highest BCUT2D eigenvalue weighted by Crippen LogP contribution is 2.21. The first-order chi connectivity index (χ1) is 10.3. The molecule has 3 heterocycles. The Balaban J connectivity index is 1.61. The van der Waals surface area contributed by atoms with E-state index in [-0.39, 0.29) is 0 Å². The molecule has 0 aliphatic carbocycles. The number of aromatic amines is 1. The summed E-state index contributed by atoms with van der Waals surface area (Å²) in [5.74, 6) is 0. The first-order valence-electron chi connectivity index (χ1n) is 6.76. The molecule has 0 saturated heterocycles. The predicted molar refractivity (Wildman–Crippen MR) is 81.1 cm³/mol. The molecule has 0 saturated carbocycles. The van der Waals surface area contributed by atoms with Crippen LogP contribution in [0.25, 0.3) is 16.6 Å². The first kappa shape index (κ1) is 11.9. The second-order valence-electron chi connectivity index (χ2n) is 5.04. The average Bonchev–Trinajstić information content (AvgIpc) is 3.09. The summed E-state index contributed by atoms with van der Waals surface area (Å²) in [7, 11) is 0. The smallest absolute Gasteiger partial charge is 0.155 e. The Morgan fingerprint density at radius 2 is 2.24 bits per heavy atom. The Hall–Kier alpha value is -2.89. The van der Waals surface area contributed by atoms with Gasteiger partial charge in [-0.2, -0.15) is 10.2 Å². The molecular weight excluding hydrogens is 264 g/mol. The fourth-order valence-electron chi connectivity index (χ4n) is 2.44. The molecule has 0 unspecified atom stereocenters. The Bertz CT molecular complexity index is 920. The van der Waals surface area contributed by atoms with Gasteiger partial charge in [-0.1, -0.05) is 12.1 Å². The van der Waals surface area contributed by atoms with Gasteiger partial charge in [-0.15, -0.1) is 0 Å². The minimum absolute atomic E-state index is 0.681. The van der Waals surface area contributed by atoms with E-state index in [1.165, 1.54) is 0 Å². The molecule has 1 aromatic carbocycles. The molecule has 4 aromatic rings. The highest BCUT2D eigenvalue weighted by molar-refractivity contribution is 5.89. The van der Waals surface area contributed by atoms with E-state index in [4.69, 9.17) is 0 Å². The van der Waals surface area contributed by atoms with Gasteiger partial charge in [-0.25, -0.2) is 9.50 Å². The number of hydrogen-bond donors (Lipinski definition) is 2. The summed E-state index contributed by atoms with van der Waals surface area (Å²) in [5, 5.41) is 16.0. The maximum atomic E-state index is 4.41. The maximum Gasteiger partial charge on any atom is 0.155 e. The van der Waals surface area contributed by atoms with E-state index < -0.39 is 0 Å². The largest absolute Gasteiger partial charge is 0.379 e. The summed E-state index contributed by atoms with van der Waals surface area (Å²) < 4.78 is 1.81. The minimum atomic E-state index is 0.681. The van der Waals surface area contributed by atoms with Crippen LogP contribution in [-0.4, -0.2) is 24.8 Å². The molecule has 0 aliphatic rings. The van der Waals surface area contributed by atoms with Crippen molar-refractivity contribution in [1.82, 2.24) is 24.8 Å². The zero-order chi connectivity index (χ0) is 14.2. The van der Waals surface area contributed by atoms with Gasteiger partial charge in [-0.05, 0) is 13.0 Å². The summed E-state index contributed by atoms with van der Waals surface area (Å²) in [4.78, 5) is 4.41. The van der Waals surface area contributed by atoms with Crippen molar-refractivity contribution in [1.29, 1.82) is 0 Å². The number of nitrogens with zero attached hydrogens (tertiary/aromatic N) is 4. The molecule has 6 nitrogen and oxygen atoms in total. The summed E-state index contributed by atoms with van der Waals surface area (Å²) in [5.41, 5.74) is 4.95. The number of aryl methyl sites for hydroxylation is 1. The van der Waals surface area contributed by atoms with Crippen LogP contribution in [0.3, 0.4) is 0 Å². The SMILES string of the molecule is Cc1cc2ncc(CNc3cccc4cn[nH]c34)cn2n1. The quantitative estimate of drug-likeness (QED) is 0.604. The van der Waals surface area contributed by atoms with Gasteiger partial charge < -0.3 is 5.32 Å². The van der Waals surface area contributed by atoms with Crippen molar-refractivity contribution in [3.8, 4) is 0 Å². The van der Waals surface area contributed by atoms with Crippen molar-refractivity contribution >= 4 is 22.2 Å². The molecule has 0 bridgehead atoms. The van der Waals surface area contributed by atoms with Gasteiger partial charge in [-0.3, -0.25) is 5.10 Å². The van der Waals surface area contributed by atoms with Crippen LogP contribution >= 0.6 is 0 Å². The molecule has 6 heteroatoms.